The van der Waals surface area contributed by atoms with Crippen molar-refractivity contribution in [1.29, 1.82) is 0 Å². The van der Waals surface area contributed by atoms with Gasteiger partial charge in [-0.15, -0.1) is 0 Å². The van der Waals surface area contributed by atoms with Crippen LogP contribution in [0.25, 0.3) is 93.6 Å². The lowest BCUT2D eigenvalue weighted by atomic mass is 10.0. The molecule has 0 saturated carbocycles. The molecular weight excluding hydrogens is 619 g/mol. The SMILES string of the molecule is [2H]c1c([2H])c([2H])c(-c2ccccc2-n2c3c([2H])c([2H])c([2H])c([2H])c3c3c([2H])c([2H])c([2H])c(-n4c5c([2H])c([2H])c([2H])c([2H])c5c5c(-n6c7c([2H])c([2H])c([2H])c([2H])c7c7c([2H])c([2H])c([2H])c([2H])c76)c([2H])c([2H])c([2H])c54)c32)c([2H])c1[2H]. The summed E-state index contributed by atoms with van der Waals surface area (Å²) >= 11 is 0. The first-order chi connectivity index (χ1) is 36.6. The molecule has 0 atom stereocenters. The second kappa shape index (κ2) is 10.8. The van der Waals surface area contributed by atoms with Crippen LogP contribution in [0.4, 0.5) is 0 Å². The summed E-state index contributed by atoms with van der Waals surface area (Å²) in [5.41, 5.74) is -5.75. The lowest BCUT2D eigenvalue weighted by molar-refractivity contribution is 1.13. The van der Waals surface area contributed by atoms with Gasteiger partial charge in [0.05, 0.1) is 87.2 Å². The minimum absolute atomic E-state index is 0.181. The summed E-state index contributed by atoms with van der Waals surface area (Å²) in [6.45, 7) is 0. The monoisotopic (exact) mass is 676 g/mol. The Balaban J connectivity index is 1.50. The molecule has 0 aliphatic rings. The Kier molecular flexibility index (Phi) is 2.65. The van der Waals surface area contributed by atoms with Crippen LogP contribution in [0.15, 0.2) is 187 Å². The summed E-state index contributed by atoms with van der Waals surface area (Å²) < 4.78 is 249. The van der Waals surface area contributed by atoms with Gasteiger partial charge in [-0.1, -0.05) is 139 Å². The molecule has 0 aliphatic heterocycles. The van der Waals surface area contributed by atoms with E-state index in [1.54, 1.807) is 0 Å². The third kappa shape index (κ3) is 3.94. The zero-order chi connectivity index (χ0) is 57.0. The topological polar surface area (TPSA) is 14.8 Å². The third-order valence-electron chi connectivity index (χ3n) is 8.79. The van der Waals surface area contributed by atoms with E-state index in [4.69, 9.17) is 20.6 Å². The number of hydrogen-bond acceptors (Lipinski definition) is 0. The van der Waals surface area contributed by atoms with Gasteiger partial charge in [0.2, 0.25) is 0 Å². The van der Waals surface area contributed by atoms with Crippen molar-refractivity contribution in [2.24, 2.45) is 0 Å². The zero-order valence-corrected chi connectivity index (χ0v) is 25.7. The highest BCUT2D eigenvalue weighted by Crippen LogP contribution is 2.43. The van der Waals surface area contributed by atoms with E-state index in [2.05, 4.69) is 0 Å². The van der Waals surface area contributed by atoms with E-state index < -0.39 is 246 Å². The predicted octanol–water partition coefficient (Wildman–Crippen LogP) is 12.6. The molecule has 0 spiro atoms. The van der Waals surface area contributed by atoms with Crippen LogP contribution in [0.3, 0.4) is 0 Å². The van der Waals surface area contributed by atoms with E-state index >= 15 is 0 Å². The van der Waals surface area contributed by atoms with Crippen molar-refractivity contribution in [3.05, 3.63) is 187 Å². The van der Waals surface area contributed by atoms with Crippen LogP contribution in [0.1, 0.15) is 37.0 Å². The molecule has 238 valence electrons. The molecule has 11 rings (SSSR count). The van der Waals surface area contributed by atoms with E-state index in [0.29, 0.717) is 0 Å². The maximum atomic E-state index is 9.87. The highest BCUT2D eigenvalue weighted by molar-refractivity contribution is 6.18. The summed E-state index contributed by atoms with van der Waals surface area (Å²) in [6, 6.07) is -17.6. The predicted molar refractivity (Wildman–Crippen MR) is 215 cm³/mol. The molecule has 0 radical (unpaired) electrons. The Labute approximate surface area is 332 Å². The normalized spacial score (nSPS) is 19.3. The van der Waals surface area contributed by atoms with Crippen LogP contribution in [-0.2, 0) is 0 Å². The van der Waals surface area contributed by atoms with Gasteiger partial charge in [-0.2, -0.15) is 0 Å². The Hall–Kier alpha value is -6.84. The van der Waals surface area contributed by atoms with Gasteiger partial charge < -0.3 is 13.7 Å². The lowest BCUT2D eigenvalue weighted by Gasteiger charge is -2.17. The van der Waals surface area contributed by atoms with Crippen molar-refractivity contribution < 1.29 is 37.0 Å². The van der Waals surface area contributed by atoms with Gasteiger partial charge in [0.1, 0.15) is 0 Å². The largest absolute Gasteiger partial charge is 0.309 e. The standard InChI is InChI=1S/C48H31N3/c1-2-16-32(17-3-1)33-18-4-9-24-39(33)51-42-27-12-7-21-36(42)37-23-14-31-46(48(37)51)50-43-28-13-8-22-38(43)47-44(29-15-30-45(47)50)49-40-25-10-5-19-34(40)35-20-6-11-26-41(35)49/h1-31H/i1D,2D,3D,5D,6D,7D,8D,10D,11D,12D,13D,14D,15D,16D,17D,19D,20D,21D,22D,23D,25D,26D,27D,28D,29D,30D,31D. The van der Waals surface area contributed by atoms with Crippen molar-refractivity contribution in [3.63, 3.8) is 0 Å². The highest BCUT2D eigenvalue weighted by Gasteiger charge is 2.23. The molecule has 0 bridgehead atoms. The van der Waals surface area contributed by atoms with Gasteiger partial charge in [0.25, 0.3) is 0 Å². The Morgan fingerprint density at radius 1 is 0.333 bits per heavy atom. The molecule has 3 nitrogen and oxygen atoms in total. The zero-order valence-electron chi connectivity index (χ0n) is 52.7. The molecule has 3 heterocycles. The van der Waals surface area contributed by atoms with Crippen LogP contribution >= 0.6 is 0 Å². The molecule has 0 fully saturated rings. The number of nitrogens with zero attached hydrogens (tertiary/aromatic N) is 3. The van der Waals surface area contributed by atoms with Crippen LogP contribution in [0.5, 0.6) is 0 Å². The molecule has 0 N–H and O–H groups in total. The lowest BCUT2D eigenvalue weighted by Crippen LogP contribution is -2.02. The average molecular weight is 677 g/mol. The Morgan fingerprint density at radius 3 is 1.51 bits per heavy atom. The van der Waals surface area contributed by atoms with Crippen LogP contribution in [-0.4, -0.2) is 13.7 Å². The highest BCUT2D eigenvalue weighted by atomic mass is 15.1. The number of benzene rings is 8. The van der Waals surface area contributed by atoms with E-state index in [-0.39, 0.29) is 11.3 Å². The Morgan fingerprint density at radius 2 is 0.804 bits per heavy atom. The van der Waals surface area contributed by atoms with Gasteiger partial charge in [0.15, 0.2) is 0 Å². The van der Waals surface area contributed by atoms with Crippen molar-refractivity contribution in [2.75, 3.05) is 0 Å². The molecule has 0 unspecified atom stereocenters. The quantitative estimate of drug-likeness (QED) is 0.176. The first kappa shape index (κ1) is 12.5. The molecule has 3 heteroatoms. The maximum Gasteiger partial charge on any atom is 0.0782 e. The van der Waals surface area contributed by atoms with Gasteiger partial charge in [-0.25, -0.2) is 0 Å². The number of para-hydroxylation sites is 6. The van der Waals surface area contributed by atoms with Gasteiger partial charge >= 0.3 is 0 Å². The number of hydrogen-bond donors (Lipinski definition) is 0. The van der Waals surface area contributed by atoms with Crippen LogP contribution in [0, 0.1) is 0 Å². The summed E-state index contributed by atoms with van der Waals surface area (Å²) in [4.78, 5) is 0. The maximum absolute atomic E-state index is 9.87. The molecule has 0 amide bonds. The van der Waals surface area contributed by atoms with Crippen molar-refractivity contribution in [3.8, 4) is 28.2 Å². The third-order valence-corrected chi connectivity index (χ3v) is 8.79. The smallest absolute Gasteiger partial charge is 0.0782 e. The van der Waals surface area contributed by atoms with Crippen molar-refractivity contribution in [1.82, 2.24) is 13.7 Å². The van der Waals surface area contributed by atoms with Crippen molar-refractivity contribution >= 4 is 65.4 Å². The minimum atomic E-state index is -1.02. The fraction of sp³-hybridized carbons (Fsp3) is 0. The first-order valence-corrected chi connectivity index (χ1v) is 15.3. The second-order valence-corrected chi connectivity index (χ2v) is 11.3. The second-order valence-electron chi connectivity index (χ2n) is 11.3. The van der Waals surface area contributed by atoms with E-state index in [0.717, 1.165) is 13.7 Å². The number of aromatic nitrogens is 3. The van der Waals surface area contributed by atoms with Crippen LogP contribution in [0.2, 0.25) is 0 Å². The van der Waals surface area contributed by atoms with E-state index in [1.807, 2.05) is 0 Å². The minimum Gasteiger partial charge on any atom is -0.309 e. The molecule has 0 aliphatic carbocycles. The fourth-order valence-electron chi connectivity index (χ4n) is 6.82. The van der Waals surface area contributed by atoms with Gasteiger partial charge in [-0.05, 0) is 53.9 Å². The van der Waals surface area contributed by atoms with E-state index in [9.17, 15) is 16.4 Å². The number of fused-ring (bicyclic) bond motifs is 9. The van der Waals surface area contributed by atoms with Gasteiger partial charge in [-0.3, -0.25) is 0 Å². The van der Waals surface area contributed by atoms with E-state index in [1.165, 1.54) is 24.3 Å². The average Bonchev–Trinajstić information content (AvgIpc) is 3.71. The van der Waals surface area contributed by atoms with Crippen LogP contribution < -0.4 is 0 Å². The molecule has 0 saturated heterocycles. The summed E-state index contributed by atoms with van der Waals surface area (Å²) in [5.74, 6) is 0. The Bertz CT molecular complexity index is 4600. The molecule has 51 heavy (non-hydrogen) atoms. The molecular formula is C48H31N3. The number of rotatable bonds is 4. The summed E-state index contributed by atoms with van der Waals surface area (Å²) in [6.07, 6.45) is 0. The summed E-state index contributed by atoms with van der Waals surface area (Å²) in [7, 11) is 0. The fourth-order valence-corrected chi connectivity index (χ4v) is 6.82. The van der Waals surface area contributed by atoms with Crippen molar-refractivity contribution in [2.45, 2.75) is 0 Å². The molecule has 11 aromatic rings. The summed E-state index contributed by atoms with van der Waals surface area (Å²) in [5, 5.41) is -3.12. The molecule has 8 aromatic carbocycles. The first-order valence-electron chi connectivity index (χ1n) is 28.8. The van der Waals surface area contributed by atoms with Gasteiger partial charge in [0, 0.05) is 37.9 Å². The molecule has 3 aromatic heterocycles.